The number of carbonyl (C=O) groups excluding carboxylic acids is 2. The Hall–Kier alpha value is -4.31. The van der Waals surface area contributed by atoms with Gasteiger partial charge in [0.05, 0.1) is 31.6 Å². The molecular weight excluding hydrogens is 500 g/mol. The van der Waals surface area contributed by atoms with E-state index in [2.05, 4.69) is 11.6 Å². The number of methoxy groups -OCH3 is 1. The summed E-state index contributed by atoms with van der Waals surface area (Å²) in [6.07, 6.45) is 8.59. The molecule has 3 rings (SSSR count). The van der Waals surface area contributed by atoms with Crippen molar-refractivity contribution in [3.05, 3.63) is 88.5 Å². The summed E-state index contributed by atoms with van der Waals surface area (Å²) in [5.41, 5.74) is 0.437. The lowest BCUT2D eigenvalue weighted by Crippen LogP contribution is -2.33. The van der Waals surface area contributed by atoms with Gasteiger partial charge in [-0.1, -0.05) is 24.8 Å². The van der Waals surface area contributed by atoms with Crippen molar-refractivity contribution in [3.8, 4) is 0 Å². The Kier molecular flexibility index (Phi) is 10.5. The molecule has 0 bridgehead atoms. The van der Waals surface area contributed by atoms with Crippen molar-refractivity contribution in [2.45, 2.75) is 46.3 Å². The number of aryl methyl sites for hydroxylation is 1. The van der Waals surface area contributed by atoms with E-state index in [1.165, 1.54) is 17.6 Å². The van der Waals surface area contributed by atoms with Crippen LogP contribution in [0.25, 0.3) is 16.7 Å². The molecule has 10 nitrogen and oxygen atoms in total. The van der Waals surface area contributed by atoms with Gasteiger partial charge in [-0.25, -0.2) is 9.78 Å². The van der Waals surface area contributed by atoms with E-state index in [4.69, 9.17) is 19.2 Å². The molecular formula is C29H34N4O6. The number of fused-ring (bicyclic) bond motifs is 2. The Morgan fingerprint density at radius 1 is 1.26 bits per heavy atom. The van der Waals surface area contributed by atoms with Gasteiger partial charge in [0, 0.05) is 19.3 Å². The minimum Gasteiger partial charge on any atom is -0.497 e. The summed E-state index contributed by atoms with van der Waals surface area (Å²) in [5.74, 6) is -0.758. The molecule has 0 aliphatic heterocycles. The maximum absolute atomic E-state index is 13.4. The normalized spacial score (nSPS) is 12.5. The third kappa shape index (κ3) is 7.38. The maximum atomic E-state index is 13.4. The number of aromatic nitrogens is 3. The van der Waals surface area contributed by atoms with Gasteiger partial charge in [-0.05, 0) is 57.5 Å². The van der Waals surface area contributed by atoms with Crippen molar-refractivity contribution in [2.24, 2.45) is 4.99 Å². The first-order chi connectivity index (χ1) is 18.8. The molecule has 0 aromatic carbocycles. The van der Waals surface area contributed by atoms with E-state index < -0.39 is 11.9 Å². The van der Waals surface area contributed by atoms with Crippen LogP contribution >= 0.6 is 0 Å². The predicted octanol–water partition coefficient (Wildman–Crippen LogP) is 3.73. The topological polar surface area (TPSA) is 113 Å². The summed E-state index contributed by atoms with van der Waals surface area (Å²) >= 11 is 0. The van der Waals surface area contributed by atoms with E-state index in [0.717, 1.165) is 0 Å². The summed E-state index contributed by atoms with van der Waals surface area (Å²) in [6.45, 7) is 9.99. The van der Waals surface area contributed by atoms with Crippen molar-refractivity contribution in [1.82, 2.24) is 14.0 Å². The number of esters is 1. The highest BCUT2D eigenvalue weighted by Gasteiger charge is 2.20. The Balaban J connectivity index is 2.28. The van der Waals surface area contributed by atoms with Crippen LogP contribution in [-0.4, -0.2) is 52.3 Å². The highest BCUT2D eigenvalue weighted by Crippen LogP contribution is 2.12. The van der Waals surface area contributed by atoms with Gasteiger partial charge < -0.3 is 18.8 Å². The Morgan fingerprint density at radius 3 is 2.74 bits per heavy atom. The molecule has 0 aliphatic carbocycles. The average Bonchev–Trinajstić information content (AvgIpc) is 2.92. The lowest BCUT2D eigenvalue weighted by molar-refractivity contribution is -0.117. The summed E-state index contributed by atoms with van der Waals surface area (Å²) in [4.78, 5) is 48.5. The van der Waals surface area contributed by atoms with Gasteiger partial charge in [0.2, 0.25) is 0 Å². The van der Waals surface area contributed by atoms with Crippen LogP contribution < -0.4 is 11.0 Å². The Morgan fingerprint density at radius 2 is 2.05 bits per heavy atom. The first-order valence-corrected chi connectivity index (χ1v) is 12.7. The molecule has 0 unspecified atom stereocenters. The molecule has 0 saturated heterocycles. The Labute approximate surface area is 226 Å². The second-order valence-corrected chi connectivity index (χ2v) is 8.73. The SMILES string of the molecule is C=C/C=C\C(=C/CC(=O)N=c1c(C(=O)OCC)cc2c(=O)n3ccccc3nc2n1CCCOC(C)C)OC. The monoisotopic (exact) mass is 534 g/mol. The van der Waals surface area contributed by atoms with Gasteiger partial charge in [-0.3, -0.25) is 14.0 Å². The molecule has 0 atom stereocenters. The summed E-state index contributed by atoms with van der Waals surface area (Å²) in [6, 6.07) is 6.61. The number of hydrogen-bond acceptors (Lipinski definition) is 7. The van der Waals surface area contributed by atoms with Crippen molar-refractivity contribution in [2.75, 3.05) is 20.3 Å². The zero-order valence-electron chi connectivity index (χ0n) is 22.8. The van der Waals surface area contributed by atoms with Crippen LogP contribution in [0.5, 0.6) is 0 Å². The number of allylic oxidation sites excluding steroid dienone is 3. The molecule has 10 heteroatoms. The Bertz CT molecular complexity index is 1550. The van der Waals surface area contributed by atoms with E-state index in [-0.39, 0.29) is 41.1 Å². The first kappa shape index (κ1) is 29.2. The molecule has 0 aliphatic rings. The number of amides is 1. The molecule has 206 valence electrons. The summed E-state index contributed by atoms with van der Waals surface area (Å²) < 4.78 is 19.2. The van der Waals surface area contributed by atoms with Gasteiger partial charge in [0.15, 0.2) is 5.49 Å². The van der Waals surface area contributed by atoms with Crippen molar-refractivity contribution in [1.29, 1.82) is 0 Å². The van der Waals surface area contributed by atoms with E-state index in [1.807, 2.05) is 13.8 Å². The molecule has 0 saturated carbocycles. The van der Waals surface area contributed by atoms with Gasteiger partial charge in [0.1, 0.15) is 22.6 Å². The van der Waals surface area contributed by atoms with Gasteiger partial charge in [-0.2, -0.15) is 4.99 Å². The van der Waals surface area contributed by atoms with Crippen LogP contribution in [0.4, 0.5) is 0 Å². The average molecular weight is 535 g/mol. The van der Waals surface area contributed by atoms with Crippen LogP contribution in [0.15, 0.2) is 76.9 Å². The third-order valence-corrected chi connectivity index (χ3v) is 5.60. The van der Waals surface area contributed by atoms with Crippen LogP contribution in [0.3, 0.4) is 0 Å². The second kappa shape index (κ2) is 14.0. The van der Waals surface area contributed by atoms with Crippen molar-refractivity contribution < 1.29 is 23.8 Å². The van der Waals surface area contributed by atoms with E-state index in [0.29, 0.717) is 36.6 Å². The number of hydrogen-bond donors (Lipinski definition) is 0. The van der Waals surface area contributed by atoms with Gasteiger partial charge in [-0.15, -0.1) is 0 Å². The van der Waals surface area contributed by atoms with Gasteiger partial charge in [0.25, 0.3) is 11.5 Å². The molecule has 0 radical (unpaired) electrons. The zero-order valence-corrected chi connectivity index (χ0v) is 22.8. The molecule has 0 spiro atoms. The van der Waals surface area contributed by atoms with Crippen molar-refractivity contribution >= 4 is 28.6 Å². The largest absolute Gasteiger partial charge is 0.497 e. The van der Waals surface area contributed by atoms with Gasteiger partial charge >= 0.3 is 5.97 Å². The molecule has 3 aromatic rings. The van der Waals surface area contributed by atoms with Crippen LogP contribution in [0, 0.1) is 0 Å². The second-order valence-electron chi connectivity index (χ2n) is 8.73. The standard InChI is InChI=1S/C29H34N4O6/c1-6-8-12-21(37-5)14-15-25(34)31-27-23(29(36)38-7-2)19-22-26(33(27)17-11-18-39-20(3)4)30-24-13-9-10-16-32(24)28(22)35/h6,8-10,12-14,16,19-20H,1,7,11,15,17-18H2,2-5H3/b12-8-,21-14+,31-27?. The summed E-state index contributed by atoms with van der Waals surface area (Å²) in [5, 5.41) is 0.203. The minimum absolute atomic E-state index is 0.000225. The highest BCUT2D eigenvalue weighted by molar-refractivity contribution is 5.93. The van der Waals surface area contributed by atoms with E-state index >= 15 is 0 Å². The quantitative estimate of drug-likeness (QED) is 0.114. The first-order valence-electron chi connectivity index (χ1n) is 12.7. The number of nitrogens with zero attached hydrogens (tertiary/aromatic N) is 4. The molecule has 3 aromatic heterocycles. The van der Waals surface area contributed by atoms with E-state index in [1.54, 1.807) is 60.2 Å². The number of rotatable bonds is 12. The molecule has 39 heavy (non-hydrogen) atoms. The third-order valence-electron chi connectivity index (χ3n) is 5.60. The minimum atomic E-state index is -0.697. The fraction of sp³-hybridized carbons (Fsp3) is 0.345. The molecule has 1 amide bonds. The van der Waals surface area contributed by atoms with Crippen LogP contribution in [-0.2, 0) is 25.5 Å². The lowest BCUT2D eigenvalue weighted by atomic mass is 10.2. The molecule has 0 N–H and O–H groups in total. The fourth-order valence-corrected chi connectivity index (χ4v) is 3.84. The fourth-order valence-electron chi connectivity index (χ4n) is 3.84. The lowest BCUT2D eigenvalue weighted by Gasteiger charge is -2.15. The van der Waals surface area contributed by atoms with Crippen LogP contribution in [0.1, 0.15) is 44.0 Å². The predicted molar refractivity (Wildman–Crippen MR) is 148 cm³/mol. The smallest absolute Gasteiger partial charge is 0.341 e. The maximum Gasteiger partial charge on any atom is 0.341 e. The number of pyridine rings is 2. The zero-order chi connectivity index (χ0) is 28.4. The molecule has 3 heterocycles. The molecule has 0 fully saturated rings. The van der Waals surface area contributed by atoms with E-state index in [9.17, 15) is 14.4 Å². The van der Waals surface area contributed by atoms with Crippen LogP contribution in [0.2, 0.25) is 0 Å². The summed E-state index contributed by atoms with van der Waals surface area (Å²) in [7, 11) is 1.49. The van der Waals surface area contributed by atoms with Crippen molar-refractivity contribution in [3.63, 3.8) is 0 Å². The number of ether oxygens (including phenoxy) is 3. The number of carbonyl (C=O) groups is 2. The highest BCUT2D eigenvalue weighted by atomic mass is 16.5.